The second-order valence-corrected chi connectivity index (χ2v) is 9.45. The third-order valence-electron chi connectivity index (χ3n) is 6.31. The second kappa shape index (κ2) is 11.5. The summed E-state index contributed by atoms with van der Waals surface area (Å²) in [6, 6.07) is 10.5. The molecule has 0 heterocycles. The quantitative estimate of drug-likeness (QED) is 0.353. The van der Waals surface area contributed by atoms with Gasteiger partial charge in [0.15, 0.2) is 0 Å². The molecule has 1 fully saturated rings. The number of rotatable bonds is 10. The molecule has 1 aliphatic rings. The third kappa shape index (κ3) is 6.19. The number of aliphatic carboxylic acids is 1. The van der Waals surface area contributed by atoms with Gasteiger partial charge in [-0.2, -0.15) is 0 Å². The summed E-state index contributed by atoms with van der Waals surface area (Å²) in [5.74, 6) is -1.73. The number of hydrogen-bond acceptors (Lipinski definition) is 3. The molecule has 34 heavy (non-hydrogen) atoms. The number of amides is 2. The maximum atomic E-state index is 13.1. The van der Waals surface area contributed by atoms with Crippen molar-refractivity contribution in [1.82, 2.24) is 5.32 Å². The Morgan fingerprint density at radius 3 is 2.24 bits per heavy atom. The highest BCUT2D eigenvalue weighted by molar-refractivity contribution is 6.40. The van der Waals surface area contributed by atoms with Gasteiger partial charge >= 0.3 is 5.97 Å². The smallest absolute Gasteiger partial charge is 0.326 e. The van der Waals surface area contributed by atoms with Crippen LogP contribution in [-0.4, -0.2) is 28.9 Å². The molecule has 2 amide bonds. The molecule has 0 bridgehead atoms. The van der Waals surface area contributed by atoms with Gasteiger partial charge in [0.25, 0.3) is 5.91 Å². The molecule has 8 heteroatoms. The van der Waals surface area contributed by atoms with Crippen molar-refractivity contribution >= 4 is 46.7 Å². The minimum atomic E-state index is -1.09. The summed E-state index contributed by atoms with van der Waals surface area (Å²) in [7, 11) is 0. The standard InChI is InChI=1S/C26H28Cl2N2O4/c1-2-3-13-26(14-4-5-15-26)25(34)30-21(24(32)33)16-17-9-11-18(12-10-17)29-23(31)22-19(27)7-6-8-20(22)28/h2,6-12,21H,1,3-5,13-16H2,(H,29,31)(H,30,34)(H,32,33)/t21-/m0/s1. The average Bonchev–Trinajstić information content (AvgIpc) is 3.28. The SMILES string of the molecule is C=CCCC1(C(=O)N[C@@H](Cc2ccc(NC(=O)c3c(Cl)cccc3Cl)cc2)C(=O)O)CCCC1. The molecule has 6 nitrogen and oxygen atoms in total. The van der Waals surface area contributed by atoms with E-state index in [0.29, 0.717) is 17.7 Å². The molecule has 2 aromatic rings. The zero-order valence-electron chi connectivity index (χ0n) is 18.8. The van der Waals surface area contributed by atoms with Crippen LogP contribution in [0.1, 0.15) is 54.4 Å². The van der Waals surface area contributed by atoms with E-state index in [-0.39, 0.29) is 27.9 Å². The first-order valence-electron chi connectivity index (χ1n) is 11.2. The summed E-state index contributed by atoms with van der Waals surface area (Å²) < 4.78 is 0. The van der Waals surface area contributed by atoms with E-state index in [0.717, 1.165) is 32.1 Å². The Labute approximate surface area is 209 Å². The first kappa shape index (κ1) is 25.8. The van der Waals surface area contributed by atoms with E-state index in [1.54, 1.807) is 48.5 Å². The molecular formula is C26H28Cl2N2O4. The van der Waals surface area contributed by atoms with E-state index in [2.05, 4.69) is 17.2 Å². The molecule has 0 spiro atoms. The summed E-state index contributed by atoms with van der Waals surface area (Å²) >= 11 is 12.2. The van der Waals surface area contributed by atoms with Crippen molar-refractivity contribution in [3.8, 4) is 0 Å². The van der Waals surface area contributed by atoms with E-state index in [1.165, 1.54) is 0 Å². The Kier molecular flexibility index (Phi) is 8.75. The molecule has 180 valence electrons. The largest absolute Gasteiger partial charge is 0.480 e. The lowest BCUT2D eigenvalue weighted by Gasteiger charge is -2.29. The number of anilines is 1. The molecule has 0 unspecified atom stereocenters. The second-order valence-electron chi connectivity index (χ2n) is 8.63. The van der Waals surface area contributed by atoms with Crippen molar-refractivity contribution in [2.75, 3.05) is 5.32 Å². The molecule has 1 saturated carbocycles. The van der Waals surface area contributed by atoms with Crippen LogP contribution in [0.15, 0.2) is 55.1 Å². The summed E-state index contributed by atoms with van der Waals surface area (Å²) in [4.78, 5) is 37.5. The molecule has 0 radical (unpaired) electrons. The van der Waals surface area contributed by atoms with Crippen molar-refractivity contribution in [2.24, 2.45) is 5.41 Å². The Morgan fingerprint density at radius 2 is 1.68 bits per heavy atom. The van der Waals surface area contributed by atoms with Gasteiger partial charge in [-0.05, 0) is 55.5 Å². The Hall–Kier alpha value is -2.83. The van der Waals surface area contributed by atoms with Gasteiger partial charge in [0, 0.05) is 17.5 Å². The first-order chi connectivity index (χ1) is 16.3. The monoisotopic (exact) mass is 502 g/mol. The fourth-order valence-corrected chi connectivity index (χ4v) is 4.97. The molecule has 2 aromatic carbocycles. The van der Waals surface area contributed by atoms with Gasteiger partial charge < -0.3 is 15.7 Å². The predicted molar refractivity (Wildman–Crippen MR) is 134 cm³/mol. The molecule has 0 aliphatic heterocycles. The van der Waals surface area contributed by atoms with Crippen LogP contribution in [0.3, 0.4) is 0 Å². The van der Waals surface area contributed by atoms with Crippen LogP contribution in [0.4, 0.5) is 5.69 Å². The van der Waals surface area contributed by atoms with E-state index >= 15 is 0 Å². The van der Waals surface area contributed by atoms with Gasteiger partial charge in [-0.25, -0.2) is 4.79 Å². The number of carboxylic acids is 1. The number of nitrogens with one attached hydrogen (secondary N) is 2. The van der Waals surface area contributed by atoms with E-state index in [9.17, 15) is 19.5 Å². The number of carboxylic acid groups (broad SMARTS) is 1. The van der Waals surface area contributed by atoms with Crippen LogP contribution < -0.4 is 10.6 Å². The predicted octanol–water partition coefficient (Wildman–Crippen LogP) is 5.88. The Balaban J connectivity index is 1.66. The molecule has 3 N–H and O–H groups in total. The number of carbonyl (C=O) groups is 3. The first-order valence-corrected chi connectivity index (χ1v) is 12.0. The number of carbonyl (C=O) groups excluding carboxylic acids is 2. The van der Waals surface area contributed by atoms with Crippen LogP contribution in [0.25, 0.3) is 0 Å². The number of allylic oxidation sites excluding steroid dienone is 1. The fraction of sp³-hybridized carbons (Fsp3) is 0.346. The topological polar surface area (TPSA) is 95.5 Å². The normalized spacial score (nSPS) is 15.4. The van der Waals surface area contributed by atoms with E-state index < -0.39 is 23.3 Å². The Morgan fingerprint density at radius 1 is 1.06 bits per heavy atom. The molecule has 1 aliphatic carbocycles. The third-order valence-corrected chi connectivity index (χ3v) is 6.94. The van der Waals surface area contributed by atoms with Crippen molar-refractivity contribution in [3.63, 3.8) is 0 Å². The minimum Gasteiger partial charge on any atom is -0.480 e. The van der Waals surface area contributed by atoms with Crippen molar-refractivity contribution in [3.05, 3.63) is 76.3 Å². The molecule has 1 atom stereocenters. The highest BCUT2D eigenvalue weighted by Gasteiger charge is 2.41. The minimum absolute atomic E-state index is 0.128. The van der Waals surface area contributed by atoms with Crippen molar-refractivity contribution in [1.29, 1.82) is 0 Å². The number of benzene rings is 2. The highest BCUT2D eigenvalue weighted by atomic mass is 35.5. The summed E-state index contributed by atoms with van der Waals surface area (Å²) in [5, 5.41) is 15.7. The maximum absolute atomic E-state index is 13.1. The zero-order chi connectivity index (χ0) is 24.7. The van der Waals surface area contributed by atoms with Gasteiger partial charge in [0.1, 0.15) is 6.04 Å². The molecule has 0 aromatic heterocycles. The lowest BCUT2D eigenvalue weighted by molar-refractivity contribution is -0.144. The van der Waals surface area contributed by atoms with Gasteiger partial charge in [-0.3, -0.25) is 9.59 Å². The van der Waals surface area contributed by atoms with Crippen LogP contribution in [0.5, 0.6) is 0 Å². The molecule has 3 rings (SSSR count). The van der Waals surface area contributed by atoms with Crippen molar-refractivity contribution in [2.45, 2.75) is 51.0 Å². The summed E-state index contributed by atoms with van der Waals surface area (Å²) in [5.41, 5.74) is 0.889. The lowest BCUT2D eigenvalue weighted by Crippen LogP contribution is -2.48. The van der Waals surface area contributed by atoms with Crippen LogP contribution in [0.2, 0.25) is 10.0 Å². The maximum Gasteiger partial charge on any atom is 0.326 e. The van der Waals surface area contributed by atoms with Gasteiger partial charge in [-0.15, -0.1) is 6.58 Å². The highest BCUT2D eigenvalue weighted by Crippen LogP contribution is 2.42. The number of halogens is 2. The fourth-order valence-electron chi connectivity index (χ4n) is 4.40. The molecule has 0 saturated heterocycles. The number of hydrogen-bond donors (Lipinski definition) is 3. The molecular weight excluding hydrogens is 475 g/mol. The van der Waals surface area contributed by atoms with Crippen LogP contribution in [-0.2, 0) is 16.0 Å². The van der Waals surface area contributed by atoms with Crippen molar-refractivity contribution < 1.29 is 19.5 Å². The zero-order valence-corrected chi connectivity index (χ0v) is 20.3. The van der Waals surface area contributed by atoms with E-state index in [4.69, 9.17) is 23.2 Å². The summed E-state index contributed by atoms with van der Waals surface area (Å²) in [6.45, 7) is 3.74. The van der Waals surface area contributed by atoms with Crippen LogP contribution in [0, 0.1) is 5.41 Å². The average molecular weight is 503 g/mol. The van der Waals surface area contributed by atoms with Gasteiger partial charge in [0.2, 0.25) is 5.91 Å². The van der Waals surface area contributed by atoms with E-state index in [1.807, 2.05) is 0 Å². The Bertz CT molecular complexity index is 1040. The summed E-state index contributed by atoms with van der Waals surface area (Å²) in [6.07, 6.45) is 6.79. The van der Waals surface area contributed by atoms with Gasteiger partial charge in [0.05, 0.1) is 15.6 Å². The lowest BCUT2D eigenvalue weighted by atomic mass is 9.80. The van der Waals surface area contributed by atoms with Gasteiger partial charge in [-0.1, -0.05) is 60.3 Å². The van der Waals surface area contributed by atoms with Crippen LogP contribution >= 0.6 is 23.2 Å².